The molecule has 0 saturated heterocycles. The van der Waals surface area contributed by atoms with Gasteiger partial charge in [-0.3, -0.25) is 14.5 Å². The van der Waals surface area contributed by atoms with Crippen LogP contribution in [0.15, 0.2) is 0 Å². The molecule has 18 nitrogen and oxygen atoms in total. The number of carbonyl (C=O) groups excluding carboxylic acids is 8. The van der Waals surface area contributed by atoms with Gasteiger partial charge in [0.2, 0.25) is 0 Å². The summed E-state index contributed by atoms with van der Waals surface area (Å²) in [7, 11) is 14.1. The number of imide groups is 2. The molecular formula is C27H51ClN6O12. The molecule has 0 aliphatic heterocycles. The predicted octanol–water partition coefficient (Wildman–Crippen LogP) is 1.44. The van der Waals surface area contributed by atoms with Gasteiger partial charge in [0.25, 0.3) is 0 Å². The minimum atomic E-state index is -1.08. The molecule has 0 bridgehead atoms. The van der Waals surface area contributed by atoms with E-state index in [1.54, 1.807) is 28.1 Å². The Labute approximate surface area is 276 Å². The van der Waals surface area contributed by atoms with E-state index in [-0.39, 0.29) is 7.43 Å². The quantitative estimate of drug-likeness (QED) is 0.166. The van der Waals surface area contributed by atoms with Gasteiger partial charge in [0.15, 0.2) is 12.2 Å². The number of urea groups is 3. The molecule has 46 heavy (non-hydrogen) atoms. The van der Waals surface area contributed by atoms with Crippen LogP contribution in [0.3, 0.4) is 0 Å². The van der Waals surface area contributed by atoms with E-state index in [1.165, 1.54) is 80.0 Å². The third-order valence-corrected chi connectivity index (χ3v) is 5.81. The van der Waals surface area contributed by atoms with E-state index in [9.17, 15) is 38.4 Å². The van der Waals surface area contributed by atoms with Gasteiger partial charge < -0.3 is 39.0 Å². The molecule has 1 N–H and O–H groups in total. The van der Waals surface area contributed by atoms with E-state index in [1.807, 2.05) is 0 Å². The molecule has 0 aromatic heterocycles. The summed E-state index contributed by atoms with van der Waals surface area (Å²) in [6.45, 7) is 5.90. The van der Waals surface area contributed by atoms with Crippen LogP contribution in [0.5, 0.6) is 0 Å². The lowest BCUT2D eigenvalue weighted by Gasteiger charge is -2.29. The van der Waals surface area contributed by atoms with Gasteiger partial charge in [-0.15, -0.1) is 0 Å². The second kappa shape index (κ2) is 24.1. The highest BCUT2D eigenvalue weighted by atomic mass is 35.5. The molecule has 268 valence electrons. The Balaban J connectivity index is -0.000000313. The number of methoxy groups -OCH3 is 2. The zero-order chi connectivity index (χ0) is 36.4. The fourth-order valence-corrected chi connectivity index (χ4v) is 2.48. The van der Waals surface area contributed by atoms with Gasteiger partial charge in [-0.1, -0.05) is 7.43 Å². The molecule has 19 heteroatoms. The molecule has 0 aliphatic carbocycles. The minimum absolute atomic E-state index is 0. The monoisotopic (exact) mass is 686 g/mol. The molecule has 4 unspecified atom stereocenters. The van der Waals surface area contributed by atoms with E-state index in [0.717, 1.165) is 14.7 Å². The molecule has 0 aromatic rings. The van der Waals surface area contributed by atoms with Crippen molar-refractivity contribution in [2.45, 2.75) is 59.4 Å². The Morgan fingerprint density at radius 2 is 0.935 bits per heavy atom. The lowest BCUT2D eigenvalue weighted by molar-refractivity contribution is -0.167. The summed E-state index contributed by atoms with van der Waals surface area (Å²) >= 11 is 5.01. The van der Waals surface area contributed by atoms with Gasteiger partial charge in [0.05, 0.1) is 14.2 Å². The number of halogens is 1. The topological polar surface area (TPSA) is 202 Å². The summed E-state index contributed by atoms with van der Waals surface area (Å²) in [6, 6.07) is -3.03. The number of hydrogen-bond acceptors (Lipinski definition) is 13. The number of hydrogen-bond donors (Lipinski definition) is 1. The van der Waals surface area contributed by atoms with Crippen LogP contribution in [-0.4, -0.2) is 167 Å². The van der Waals surface area contributed by atoms with Crippen LogP contribution in [0.2, 0.25) is 0 Å². The van der Waals surface area contributed by atoms with Crippen molar-refractivity contribution < 1.29 is 57.3 Å². The van der Waals surface area contributed by atoms with Crippen molar-refractivity contribution in [2.75, 3.05) is 70.6 Å². The average Bonchev–Trinajstić information content (AvgIpc) is 3.00. The van der Waals surface area contributed by atoms with Crippen LogP contribution in [-0.2, 0) is 38.1 Å². The third kappa shape index (κ3) is 17.9. The van der Waals surface area contributed by atoms with Crippen molar-refractivity contribution in [3.05, 3.63) is 0 Å². The SMILES string of the molecule is C.CN(C)C(=O)N(C)C(=O)Cl.CNC(C)C(=O)OC(C)C(=O)OC.COC(=O)C(C)OC(=O)C(C)N(C)C(=O)N(C)C(=O)N(C)C. The first-order valence-corrected chi connectivity index (χ1v) is 13.5. The lowest BCUT2D eigenvalue weighted by Crippen LogP contribution is -2.51. The summed E-state index contributed by atoms with van der Waals surface area (Å²) in [5, 5.41) is 1.92. The fraction of sp³-hybridized carbons (Fsp3) is 0.704. The van der Waals surface area contributed by atoms with Gasteiger partial charge in [0.1, 0.15) is 12.1 Å². The van der Waals surface area contributed by atoms with Crippen molar-refractivity contribution in [1.82, 2.24) is 29.8 Å². The molecule has 0 rings (SSSR count). The molecule has 7 amide bonds. The molecule has 0 heterocycles. The Morgan fingerprint density at radius 1 is 0.587 bits per heavy atom. The standard InChI is InChI=1S/C13H23N3O6.C8H15NO4.C5H9ClN2O2.CH4/c1-8(10(17)22-9(2)11(18)21-7)15(5)13(20)16(6)12(19)14(3)4;1-5(9-3)7(10)13-6(2)8(11)12-4;1-7(2)5(10)8(3)4(6)9;/h8-9H,1-7H3;5-6,9H,1-4H3;1-3H3;1H4. The van der Waals surface area contributed by atoms with E-state index in [4.69, 9.17) is 21.1 Å². The first-order chi connectivity index (χ1) is 20.5. The van der Waals surface area contributed by atoms with Crippen LogP contribution in [0.1, 0.15) is 35.1 Å². The van der Waals surface area contributed by atoms with E-state index >= 15 is 0 Å². The summed E-state index contributed by atoms with van der Waals surface area (Å²) in [4.78, 5) is 95.3. The largest absolute Gasteiger partial charge is 0.466 e. The zero-order valence-electron chi connectivity index (χ0n) is 28.3. The molecule has 0 spiro atoms. The molecule has 4 atom stereocenters. The van der Waals surface area contributed by atoms with Gasteiger partial charge >= 0.3 is 47.3 Å². The molecule has 0 radical (unpaired) electrons. The summed E-state index contributed by atoms with van der Waals surface area (Å²) in [5.41, 5.74) is 0. The summed E-state index contributed by atoms with van der Waals surface area (Å²) in [5.74, 6) is -2.51. The van der Waals surface area contributed by atoms with Crippen LogP contribution in [0, 0.1) is 0 Å². The average molecular weight is 687 g/mol. The van der Waals surface area contributed by atoms with Gasteiger partial charge in [-0.05, 0) is 46.3 Å². The maximum Gasteiger partial charge on any atom is 0.346 e. The van der Waals surface area contributed by atoms with Crippen LogP contribution in [0.4, 0.5) is 19.2 Å². The van der Waals surface area contributed by atoms with Crippen molar-refractivity contribution in [1.29, 1.82) is 0 Å². The maximum absolute atomic E-state index is 12.1. The third-order valence-electron chi connectivity index (χ3n) is 5.55. The van der Waals surface area contributed by atoms with E-state index < -0.39 is 71.6 Å². The molecule has 0 aliphatic rings. The van der Waals surface area contributed by atoms with Crippen LogP contribution in [0.25, 0.3) is 0 Å². The number of ether oxygens (including phenoxy) is 4. The fourth-order valence-electron chi connectivity index (χ4n) is 2.41. The second-order valence-electron chi connectivity index (χ2n) is 9.51. The number of amides is 7. The molecule has 0 aromatic carbocycles. The summed E-state index contributed by atoms with van der Waals surface area (Å²) in [6.07, 6.45) is -1.93. The first-order valence-electron chi connectivity index (χ1n) is 13.1. The minimum Gasteiger partial charge on any atom is -0.466 e. The molecule has 0 fully saturated rings. The Bertz CT molecular complexity index is 1040. The zero-order valence-corrected chi connectivity index (χ0v) is 29.1. The smallest absolute Gasteiger partial charge is 0.346 e. The number of likely N-dealkylation sites (N-methyl/N-ethyl adjacent to an activating group) is 2. The van der Waals surface area contributed by atoms with Gasteiger partial charge in [0, 0.05) is 49.3 Å². The Morgan fingerprint density at radius 3 is 1.22 bits per heavy atom. The number of carbonyl (C=O) groups is 8. The number of nitrogens with zero attached hydrogens (tertiary/aromatic N) is 5. The normalized spacial score (nSPS) is 12.1. The Hall–Kier alpha value is -4.19. The van der Waals surface area contributed by atoms with Crippen LogP contribution >= 0.6 is 11.6 Å². The predicted molar refractivity (Wildman–Crippen MR) is 168 cm³/mol. The summed E-state index contributed by atoms with van der Waals surface area (Å²) < 4.78 is 18.5. The highest BCUT2D eigenvalue weighted by Gasteiger charge is 2.31. The van der Waals surface area contributed by atoms with Crippen molar-refractivity contribution in [3.63, 3.8) is 0 Å². The highest BCUT2D eigenvalue weighted by molar-refractivity contribution is 6.63. The number of rotatable bonds is 8. The second-order valence-corrected chi connectivity index (χ2v) is 9.83. The van der Waals surface area contributed by atoms with Gasteiger partial charge in [-0.2, -0.15) is 0 Å². The first kappa shape index (κ1) is 48.7. The maximum atomic E-state index is 12.1. The van der Waals surface area contributed by atoms with E-state index in [2.05, 4.69) is 14.8 Å². The number of nitrogens with one attached hydrogen (secondary N) is 1. The lowest BCUT2D eigenvalue weighted by atomic mass is 10.3. The number of esters is 4. The molecular weight excluding hydrogens is 636 g/mol. The highest BCUT2D eigenvalue weighted by Crippen LogP contribution is 2.07. The van der Waals surface area contributed by atoms with Crippen molar-refractivity contribution in [3.8, 4) is 0 Å². The Kier molecular flexibility index (Phi) is 25.5. The van der Waals surface area contributed by atoms with Crippen molar-refractivity contribution in [2.24, 2.45) is 0 Å². The molecule has 0 saturated carbocycles. The van der Waals surface area contributed by atoms with Crippen molar-refractivity contribution >= 4 is 58.9 Å². The van der Waals surface area contributed by atoms with Gasteiger partial charge in [-0.25, -0.2) is 33.7 Å². The van der Waals surface area contributed by atoms with E-state index in [0.29, 0.717) is 0 Å². The van der Waals surface area contributed by atoms with Crippen LogP contribution < -0.4 is 5.32 Å².